The van der Waals surface area contributed by atoms with Crippen LogP contribution in [-0.4, -0.2) is 50.4 Å². The van der Waals surface area contributed by atoms with Crippen LogP contribution >= 0.6 is 11.6 Å². The Morgan fingerprint density at radius 3 is 2.40 bits per heavy atom. The minimum absolute atomic E-state index is 0.385. The predicted molar refractivity (Wildman–Crippen MR) is 98.8 cm³/mol. The maximum absolute atomic E-state index is 11.1. The maximum atomic E-state index is 11.1. The second kappa shape index (κ2) is 5.33. The molecule has 1 aliphatic heterocycles. The van der Waals surface area contributed by atoms with Crippen molar-refractivity contribution in [2.75, 3.05) is 0 Å². The van der Waals surface area contributed by atoms with Crippen LogP contribution < -0.4 is 5.32 Å². The minimum atomic E-state index is -2.56. The highest BCUT2D eigenvalue weighted by Gasteiger charge is 2.72. The quantitative estimate of drug-likeness (QED) is 0.339. The monoisotopic (exact) mass is 364 g/mol. The fourth-order valence-electron chi connectivity index (χ4n) is 3.87. The number of fused-ring (bicyclic) bond motifs is 1. The SMILES string of the molecule is BC1(O)NC(O)(O)C(C)(c2c[nH]c3cccc(CC(=C)Cl)c23)C1(C)O. The topological polar surface area (TPSA) is 109 Å². The molecule has 0 amide bonds. The van der Waals surface area contributed by atoms with E-state index in [0.717, 1.165) is 11.1 Å². The number of allylic oxidation sites excluding steroid dienone is 1. The van der Waals surface area contributed by atoms with Gasteiger partial charge in [0.25, 0.3) is 0 Å². The molecule has 6 nitrogen and oxygen atoms in total. The van der Waals surface area contributed by atoms with E-state index in [9.17, 15) is 20.4 Å². The molecular formula is C17H22BClN2O4. The largest absolute Gasteiger partial charge is 0.385 e. The fraction of sp³-hybridized carbons (Fsp3) is 0.412. The third-order valence-corrected chi connectivity index (χ3v) is 5.88. The van der Waals surface area contributed by atoms with Gasteiger partial charge in [0, 0.05) is 28.6 Å². The number of nitrogens with one attached hydrogen (secondary N) is 2. The smallest absolute Gasteiger partial charge is 0.237 e. The number of hydrogen-bond acceptors (Lipinski definition) is 5. The Morgan fingerprint density at radius 2 is 1.88 bits per heavy atom. The molecule has 8 heteroatoms. The molecule has 1 fully saturated rings. The molecule has 1 saturated heterocycles. The summed E-state index contributed by atoms with van der Waals surface area (Å²) in [7, 11) is 1.30. The summed E-state index contributed by atoms with van der Waals surface area (Å²) >= 11 is 5.98. The molecule has 0 saturated carbocycles. The van der Waals surface area contributed by atoms with Gasteiger partial charge in [-0.25, -0.2) is 5.32 Å². The first-order valence-electron chi connectivity index (χ1n) is 7.97. The zero-order valence-electron chi connectivity index (χ0n) is 14.4. The molecule has 0 aliphatic carbocycles. The maximum Gasteiger partial charge on any atom is 0.237 e. The number of benzene rings is 1. The van der Waals surface area contributed by atoms with Crippen LogP contribution in [0.25, 0.3) is 10.9 Å². The van der Waals surface area contributed by atoms with E-state index in [0.29, 0.717) is 22.4 Å². The van der Waals surface area contributed by atoms with Crippen LogP contribution in [0.1, 0.15) is 25.0 Å². The molecule has 0 radical (unpaired) electrons. The van der Waals surface area contributed by atoms with Crippen LogP contribution in [0.15, 0.2) is 36.0 Å². The van der Waals surface area contributed by atoms with Crippen molar-refractivity contribution in [2.24, 2.45) is 0 Å². The van der Waals surface area contributed by atoms with Crippen LogP contribution in [0, 0.1) is 0 Å². The van der Waals surface area contributed by atoms with Crippen molar-refractivity contribution in [3.05, 3.63) is 47.1 Å². The Kier molecular flexibility index (Phi) is 3.93. The lowest BCUT2D eigenvalue weighted by atomic mass is 9.62. The van der Waals surface area contributed by atoms with Gasteiger partial charge in [-0.3, -0.25) is 0 Å². The number of rotatable bonds is 3. The fourth-order valence-corrected chi connectivity index (χ4v) is 4.02. The molecule has 1 aromatic heterocycles. The number of hydrogen-bond donors (Lipinski definition) is 6. The van der Waals surface area contributed by atoms with Gasteiger partial charge in [0.05, 0.1) is 5.41 Å². The number of H-pyrrole nitrogens is 1. The average Bonchev–Trinajstić information content (AvgIpc) is 2.92. The van der Waals surface area contributed by atoms with Gasteiger partial charge >= 0.3 is 0 Å². The number of aromatic nitrogens is 1. The van der Waals surface area contributed by atoms with Gasteiger partial charge in [-0.2, -0.15) is 0 Å². The molecule has 0 bridgehead atoms. The molecule has 3 unspecified atom stereocenters. The van der Waals surface area contributed by atoms with Crippen molar-refractivity contribution < 1.29 is 20.4 Å². The summed E-state index contributed by atoms with van der Waals surface area (Å²) in [5, 5.41) is 46.4. The van der Waals surface area contributed by atoms with Crippen LogP contribution in [0.4, 0.5) is 0 Å². The summed E-state index contributed by atoms with van der Waals surface area (Å²) in [6, 6.07) is 5.56. The second-order valence-corrected chi connectivity index (χ2v) is 7.84. The summed E-state index contributed by atoms with van der Waals surface area (Å²) in [6.45, 7) is 6.59. The Bertz CT molecular complexity index is 861. The van der Waals surface area contributed by atoms with E-state index in [1.165, 1.54) is 21.7 Å². The van der Waals surface area contributed by atoms with Crippen LogP contribution in [0.3, 0.4) is 0 Å². The lowest BCUT2D eigenvalue weighted by Crippen LogP contribution is -2.61. The van der Waals surface area contributed by atoms with Gasteiger partial charge < -0.3 is 25.4 Å². The van der Waals surface area contributed by atoms with E-state index in [1.807, 2.05) is 18.2 Å². The van der Waals surface area contributed by atoms with Crippen LogP contribution in [-0.2, 0) is 11.8 Å². The standard InChI is InChI=1S/C17H22BClN2O4/c1-9(19)7-10-5-4-6-12-13(10)11(8-20-12)14(2)15(3,22)16(18,23)21-17(14,24)25/h4-6,8,20-25H,1,7,18H2,2-3H3. The molecule has 3 rings (SSSR count). The highest BCUT2D eigenvalue weighted by Crippen LogP contribution is 2.53. The first kappa shape index (κ1) is 18.4. The van der Waals surface area contributed by atoms with Crippen molar-refractivity contribution in [3.63, 3.8) is 0 Å². The first-order chi connectivity index (χ1) is 11.3. The minimum Gasteiger partial charge on any atom is -0.385 e. The Hall–Kier alpha value is -1.35. The van der Waals surface area contributed by atoms with Gasteiger partial charge in [0.2, 0.25) is 5.91 Å². The van der Waals surface area contributed by atoms with Crippen molar-refractivity contribution in [1.82, 2.24) is 10.3 Å². The molecule has 25 heavy (non-hydrogen) atoms. The van der Waals surface area contributed by atoms with Gasteiger partial charge in [-0.05, 0) is 31.0 Å². The molecule has 2 heterocycles. The van der Waals surface area contributed by atoms with Crippen molar-refractivity contribution >= 4 is 30.4 Å². The van der Waals surface area contributed by atoms with Gasteiger partial charge in [0.15, 0.2) is 7.85 Å². The predicted octanol–water partition coefficient (Wildman–Crippen LogP) is -0.00760. The molecule has 1 aliphatic rings. The highest BCUT2D eigenvalue weighted by molar-refractivity contribution is 6.29. The summed E-state index contributed by atoms with van der Waals surface area (Å²) < 4.78 is 0. The highest BCUT2D eigenvalue weighted by atomic mass is 35.5. The van der Waals surface area contributed by atoms with Gasteiger partial charge in [-0.1, -0.05) is 30.3 Å². The van der Waals surface area contributed by atoms with E-state index in [1.54, 1.807) is 6.20 Å². The Balaban J connectivity index is 2.34. The Labute approximate surface area is 151 Å². The van der Waals surface area contributed by atoms with Crippen LogP contribution in [0.5, 0.6) is 0 Å². The molecule has 3 atom stereocenters. The van der Waals surface area contributed by atoms with E-state index in [-0.39, 0.29) is 0 Å². The molecule has 0 spiro atoms. The van der Waals surface area contributed by atoms with Gasteiger partial charge in [-0.15, -0.1) is 0 Å². The normalized spacial score (nSPS) is 34.5. The second-order valence-electron chi connectivity index (χ2n) is 7.30. The average molecular weight is 365 g/mol. The van der Waals surface area contributed by atoms with Crippen molar-refractivity contribution in [2.45, 2.75) is 42.8 Å². The zero-order valence-corrected chi connectivity index (χ0v) is 15.1. The molecule has 2 aromatic rings. The third-order valence-electron chi connectivity index (χ3n) is 5.75. The van der Waals surface area contributed by atoms with E-state index < -0.39 is 22.6 Å². The zero-order chi connectivity index (χ0) is 18.8. The summed E-state index contributed by atoms with van der Waals surface area (Å²) in [5.74, 6) is -2.56. The Morgan fingerprint density at radius 1 is 1.24 bits per heavy atom. The number of aromatic amines is 1. The van der Waals surface area contributed by atoms with E-state index in [2.05, 4.69) is 16.9 Å². The molecular weight excluding hydrogens is 342 g/mol. The lowest BCUT2D eigenvalue weighted by Gasteiger charge is -2.43. The molecule has 134 valence electrons. The van der Waals surface area contributed by atoms with Crippen LogP contribution in [0.2, 0.25) is 0 Å². The summed E-state index contributed by atoms with van der Waals surface area (Å²) in [5.41, 5.74) is -3.44. The van der Waals surface area contributed by atoms with E-state index >= 15 is 0 Å². The van der Waals surface area contributed by atoms with E-state index in [4.69, 9.17) is 11.6 Å². The molecule has 1 aromatic carbocycles. The first-order valence-corrected chi connectivity index (χ1v) is 8.34. The third kappa shape index (κ3) is 2.31. The van der Waals surface area contributed by atoms with Crippen molar-refractivity contribution in [1.29, 1.82) is 0 Å². The summed E-state index contributed by atoms with van der Waals surface area (Å²) in [4.78, 5) is 3.09. The lowest BCUT2D eigenvalue weighted by molar-refractivity contribution is -0.229. The number of aliphatic hydroxyl groups is 4. The summed E-state index contributed by atoms with van der Waals surface area (Å²) in [6.07, 6.45) is 2.00. The van der Waals surface area contributed by atoms with Crippen molar-refractivity contribution in [3.8, 4) is 0 Å². The number of halogens is 1. The van der Waals surface area contributed by atoms with Gasteiger partial charge in [0.1, 0.15) is 11.2 Å². The molecule has 6 N–H and O–H groups in total.